The highest BCUT2D eigenvalue weighted by Crippen LogP contribution is 2.25. The molecule has 1 N–H and O–H groups in total. The lowest BCUT2D eigenvalue weighted by Gasteiger charge is -2.11. The van der Waals surface area contributed by atoms with E-state index in [1.165, 1.54) is 11.1 Å². The van der Waals surface area contributed by atoms with Crippen LogP contribution in [-0.2, 0) is 0 Å². The summed E-state index contributed by atoms with van der Waals surface area (Å²) in [7, 11) is 0. The normalized spacial score (nSPS) is 18.7. The van der Waals surface area contributed by atoms with E-state index >= 15 is 0 Å². The largest absolute Gasteiger partial charge is 0.316 e. The topological polar surface area (TPSA) is 37.8 Å². The van der Waals surface area contributed by atoms with Crippen molar-refractivity contribution in [1.82, 2.24) is 15.3 Å². The average molecular weight is 253 g/mol. The monoisotopic (exact) mass is 253 g/mol. The summed E-state index contributed by atoms with van der Waals surface area (Å²) >= 11 is 0. The molecule has 1 fully saturated rings. The van der Waals surface area contributed by atoms with Crippen molar-refractivity contribution in [3.05, 3.63) is 47.4 Å². The molecule has 1 aromatic carbocycles. The Morgan fingerprint density at radius 3 is 2.74 bits per heavy atom. The van der Waals surface area contributed by atoms with Crippen molar-refractivity contribution < 1.29 is 0 Å². The second-order valence-electron chi connectivity index (χ2n) is 5.26. The standard InChI is InChI=1S/C16H19N3/c1-11-5-3-4-6-14(11)15-9-12(2)18-16(19-15)13-7-8-17-10-13/h3-6,9,13,17H,7-8,10H2,1-2H3. The molecule has 1 saturated heterocycles. The van der Waals surface area contributed by atoms with Crippen molar-refractivity contribution in [1.29, 1.82) is 0 Å². The third kappa shape index (κ3) is 2.51. The van der Waals surface area contributed by atoms with Crippen molar-refractivity contribution >= 4 is 0 Å². The fraction of sp³-hybridized carbons (Fsp3) is 0.375. The first kappa shape index (κ1) is 12.3. The van der Waals surface area contributed by atoms with Crippen LogP contribution >= 0.6 is 0 Å². The van der Waals surface area contributed by atoms with Gasteiger partial charge in [0.05, 0.1) is 5.69 Å². The van der Waals surface area contributed by atoms with Gasteiger partial charge in [-0.15, -0.1) is 0 Å². The maximum absolute atomic E-state index is 4.80. The van der Waals surface area contributed by atoms with Crippen LogP contribution in [0.2, 0.25) is 0 Å². The second kappa shape index (κ2) is 5.10. The number of aromatic nitrogens is 2. The molecule has 3 nitrogen and oxygen atoms in total. The predicted molar refractivity (Wildman–Crippen MR) is 77.2 cm³/mol. The first-order valence-electron chi connectivity index (χ1n) is 6.86. The third-order valence-electron chi connectivity index (χ3n) is 3.72. The number of rotatable bonds is 2. The van der Waals surface area contributed by atoms with Gasteiger partial charge in [-0.05, 0) is 38.4 Å². The molecule has 3 rings (SSSR count). The van der Waals surface area contributed by atoms with E-state index in [1.54, 1.807) is 0 Å². The van der Waals surface area contributed by atoms with Gasteiger partial charge in [0.15, 0.2) is 0 Å². The van der Waals surface area contributed by atoms with Gasteiger partial charge in [-0.3, -0.25) is 0 Å². The maximum atomic E-state index is 4.80. The summed E-state index contributed by atoms with van der Waals surface area (Å²) in [4.78, 5) is 9.42. The third-order valence-corrected chi connectivity index (χ3v) is 3.72. The number of hydrogen-bond acceptors (Lipinski definition) is 3. The van der Waals surface area contributed by atoms with E-state index in [0.717, 1.165) is 36.7 Å². The molecule has 1 unspecified atom stereocenters. The first-order valence-corrected chi connectivity index (χ1v) is 6.86. The van der Waals surface area contributed by atoms with Crippen LogP contribution in [0, 0.1) is 13.8 Å². The lowest BCUT2D eigenvalue weighted by atomic mass is 10.0. The molecule has 0 spiro atoms. The highest BCUT2D eigenvalue weighted by atomic mass is 15.0. The Morgan fingerprint density at radius 1 is 1.16 bits per heavy atom. The van der Waals surface area contributed by atoms with Gasteiger partial charge >= 0.3 is 0 Å². The van der Waals surface area contributed by atoms with Crippen LogP contribution in [0.5, 0.6) is 0 Å². The molecule has 0 radical (unpaired) electrons. The maximum Gasteiger partial charge on any atom is 0.133 e. The molecule has 0 saturated carbocycles. The van der Waals surface area contributed by atoms with E-state index in [0.29, 0.717) is 5.92 Å². The Kier molecular flexibility index (Phi) is 3.30. The molecule has 0 aliphatic carbocycles. The highest BCUT2D eigenvalue weighted by molar-refractivity contribution is 5.63. The lowest BCUT2D eigenvalue weighted by Crippen LogP contribution is -2.11. The van der Waals surface area contributed by atoms with Crippen LogP contribution in [0.1, 0.15) is 29.4 Å². The molecular weight excluding hydrogens is 234 g/mol. The second-order valence-corrected chi connectivity index (χ2v) is 5.26. The van der Waals surface area contributed by atoms with Gasteiger partial charge in [0.25, 0.3) is 0 Å². The predicted octanol–water partition coefficient (Wildman–Crippen LogP) is 2.84. The smallest absolute Gasteiger partial charge is 0.133 e. The van der Waals surface area contributed by atoms with E-state index in [2.05, 4.69) is 54.5 Å². The van der Waals surface area contributed by atoms with E-state index in [1.807, 2.05) is 0 Å². The van der Waals surface area contributed by atoms with Crippen molar-refractivity contribution in [3.63, 3.8) is 0 Å². The fourth-order valence-corrected chi connectivity index (χ4v) is 2.65. The fourth-order valence-electron chi connectivity index (χ4n) is 2.65. The molecule has 98 valence electrons. The van der Waals surface area contributed by atoms with Gasteiger partial charge in [-0.25, -0.2) is 9.97 Å². The lowest BCUT2D eigenvalue weighted by molar-refractivity contribution is 0.698. The molecule has 3 heteroatoms. The SMILES string of the molecule is Cc1cc(-c2ccccc2C)nc(C2CCNC2)n1. The van der Waals surface area contributed by atoms with Crippen molar-refractivity contribution in [2.24, 2.45) is 0 Å². The molecule has 1 aliphatic rings. The van der Waals surface area contributed by atoms with Crippen LogP contribution < -0.4 is 5.32 Å². The van der Waals surface area contributed by atoms with Crippen LogP contribution in [0.15, 0.2) is 30.3 Å². The first-order chi connectivity index (χ1) is 9.24. The van der Waals surface area contributed by atoms with Crippen molar-refractivity contribution in [2.45, 2.75) is 26.2 Å². The van der Waals surface area contributed by atoms with Gasteiger partial charge in [-0.1, -0.05) is 24.3 Å². The molecule has 1 aromatic heterocycles. The quantitative estimate of drug-likeness (QED) is 0.894. The Balaban J connectivity index is 2.04. The van der Waals surface area contributed by atoms with Gasteiger partial charge < -0.3 is 5.32 Å². The minimum Gasteiger partial charge on any atom is -0.316 e. The zero-order valence-electron chi connectivity index (χ0n) is 11.5. The summed E-state index contributed by atoms with van der Waals surface area (Å²) < 4.78 is 0. The Labute approximate surface area is 114 Å². The summed E-state index contributed by atoms with van der Waals surface area (Å²) in [6.07, 6.45) is 1.14. The Bertz CT molecular complexity index is 586. The summed E-state index contributed by atoms with van der Waals surface area (Å²) in [6, 6.07) is 10.5. The van der Waals surface area contributed by atoms with Gasteiger partial charge in [0.1, 0.15) is 5.82 Å². The summed E-state index contributed by atoms with van der Waals surface area (Å²) in [5.41, 5.74) is 4.57. The van der Waals surface area contributed by atoms with Crippen LogP contribution in [0.3, 0.4) is 0 Å². The number of nitrogens with one attached hydrogen (secondary N) is 1. The minimum absolute atomic E-state index is 0.461. The Hall–Kier alpha value is -1.74. The molecule has 19 heavy (non-hydrogen) atoms. The average Bonchev–Trinajstić information content (AvgIpc) is 2.92. The van der Waals surface area contributed by atoms with Crippen molar-refractivity contribution in [2.75, 3.05) is 13.1 Å². The zero-order valence-corrected chi connectivity index (χ0v) is 11.5. The van der Waals surface area contributed by atoms with Crippen LogP contribution in [0.25, 0.3) is 11.3 Å². The zero-order chi connectivity index (χ0) is 13.2. The Morgan fingerprint density at radius 2 is 2.00 bits per heavy atom. The van der Waals surface area contributed by atoms with E-state index < -0.39 is 0 Å². The van der Waals surface area contributed by atoms with Crippen molar-refractivity contribution in [3.8, 4) is 11.3 Å². The van der Waals surface area contributed by atoms with E-state index in [4.69, 9.17) is 4.98 Å². The number of aryl methyl sites for hydroxylation is 2. The molecular formula is C16H19N3. The van der Waals surface area contributed by atoms with E-state index in [9.17, 15) is 0 Å². The number of benzene rings is 1. The minimum atomic E-state index is 0.461. The molecule has 0 bridgehead atoms. The highest BCUT2D eigenvalue weighted by Gasteiger charge is 2.20. The molecule has 1 atom stereocenters. The molecule has 2 aromatic rings. The van der Waals surface area contributed by atoms with Gasteiger partial charge in [-0.2, -0.15) is 0 Å². The van der Waals surface area contributed by atoms with E-state index in [-0.39, 0.29) is 0 Å². The van der Waals surface area contributed by atoms with Crippen LogP contribution in [0.4, 0.5) is 0 Å². The molecule has 2 heterocycles. The molecule has 0 amide bonds. The summed E-state index contributed by atoms with van der Waals surface area (Å²) in [5.74, 6) is 1.45. The van der Waals surface area contributed by atoms with Crippen LogP contribution in [-0.4, -0.2) is 23.1 Å². The summed E-state index contributed by atoms with van der Waals surface area (Å²) in [6.45, 7) is 6.25. The number of hydrogen-bond donors (Lipinski definition) is 1. The van der Waals surface area contributed by atoms with Gasteiger partial charge in [0, 0.05) is 23.7 Å². The molecule has 1 aliphatic heterocycles. The summed E-state index contributed by atoms with van der Waals surface area (Å²) in [5, 5.41) is 3.38. The van der Waals surface area contributed by atoms with Gasteiger partial charge in [0.2, 0.25) is 0 Å². The number of nitrogens with zero attached hydrogens (tertiary/aromatic N) is 2.